The number of hydrogen-bond donors (Lipinski definition) is 2. The lowest BCUT2D eigenvalue weighted by atomic mass is 10.1. The third-order valence-corrected chi connectivity index (χ3v) is 4.22. The maximum absolute atomic E-state index is 12.8. The highest BCUT2D eigenvalue weighted by molar-refractivity contribution is 5.79. The second kappa shape index (κ2) is 8.73. The molecule has 1 heterocycles. The van der Waals surface area contributed by atoms with E-state index in [0.29, 0.717) is 5.92 Å². The second-order valence-corrected chi connectivity index (χ2v) is 5.80. The Morgan fingerprint density at radius 2 is 2.09 bits per heavy atom. The molecule has 22 heavy (non-hydrogen) atoms. The average Bonchev–Trinajstić information content (AvgIpc) is 3.00. The fourth-order valence-corrected chi connectivity index (χ4v) is 2.80. The van der Waals surface area contributed by atoms with Gasteiger partial charge in [-0.25, -0.2) is 4.39 Å². The summed E-state index contributed by atoms with van der Waals surface area (Å²) in [5.74, 6) is 1.36. The van der Waals surface area contributed by atoms with Gasteiger partial charge in [0.25, 0.3) is 0 Å². The molecule has 1 aromatic rings. The zero-order chi connectivity index (χ0) is 15.8. The summed E-state index contributed by atoms with van der Waals surface area (Å²) < 4.78 is 12.8. The lowest BCUT2D eigenvalue weighted by molar-refractivity contribution is 0.342. The standard InChI is InChI=1S/C17H27FN4/c1-3-22-11-9-15(13-22)12-21-17(19-2)20-10-8-14-4-6-16(18)7-5-14/h4-7,15H,3,8-13H2,1-2H3,(H2,19,20,21). The van der Waals surface area contributed by atoms with Gasteiger partial charge in [-0.15, -0.1) is 0 Å². The molecule has 0 radical (unpaired) electrons. The van der Waals surface area contributed by atoms with E-state index < -0.39 is 0 Å². The van der Waals surface area contributed by atoms with E-state index in [1.54, 1.807) is 7.05 Å². The fourth-order valence-electron chi connectivity index (χ4n) is 2.80. The summed E-state index contributed by atoms with van der Waals surface area (Å²) in [7, 11) is 1.79. The molecule has 0 spiro atoms. The Kier molecular flexibility index (Phi) is 6.65. The van der Waals surface area contributed by atoms with Crippen LogP contribution < -0.4 is 10.6 Å². The van der Waals surface area contributed by atoms with Gasteiger partial charge in [-0.3, -0.25) is 4.99 Å². The minimum atomic E-state index is -0.188. The first-order valence-corrected chi connectivity index (χ1v) is 8.12. The Labute approximate surface area is 132 Å². The van der Waals surface area contributed by atoms with Crippen molar-refractivity contribution in [1.82, 2.24) is 15.5 Å². The lowest BCUT2D eigenvalue weighted by Crippen LogP contribution is -2.41. The number of likely N-dealkylation sites (tertiary alicyclic amines) is 1. The van der Waals surface area contributed by atoms with E-state index in [0.717, 1.165) is 37.6 Å². The molecule has 1 unspecified atom stereocenters. The number of nitrogens with zero attached hydrogens (tertiary/aromatic N) is 2. The number of guanidine groups is 1. The van der Waals surface area contributed by atoms with Crippen molar-refractivity contribution in [2.75, 3.05) is 39.8 Å². The third kappa shape index (κ3) is 5.30. The summed E-state index contributed by atoms with van der Waals surface area (Å²) in [5.41, 5.74) is 1.12. The SMILES string of the molecule is CCN1CCC(CNC(=NC)NCCc2ccc(F)cc2)C1. The van der Waals surface area contributed by atoms with Crippen LogP contribution in [-0.2, 0) is 6.42 Å². The number of hydrogen-bond acceptors (Lipinski definition) is 2. The lowest BCUT2D eigenvalue weighted by Gasteiger charge is -2.16. The van der Waals surface area contributed by atoms with Crippen LogP contribution in [0.1, 0.15) is 18.9 Å². The molecule has 1 fully saturated rings. The molecule has 0 saturated carbocycles. The van der Waals surface area contributed by atoms with Gasteiger partial charge in [-0.2, -0.15) is 0 Å². The maximum Gasteiger partial charge on any atom is 0.190 e. The highest BCUT2D eigenvalue weighted by Crippen LogP contribution is 2.14. The van der Waals surface area contributed by atoms with Gasteiger partial charge in [0.05, 0.1) is 0 Å². The minimum Gasteiger partial charge on any atom is -0.356 e. The van der Waals surface area contributed by atoms with Crippen LogP contribution in [0.25, 0.3) is 0 Å². The molecular weight excluding hydrogens is 279 g/mol. The van der Waals surface area contributed by atoms with E-state index in [1.807, 2.05) is 12.1 Å². The van der Waals surface area contributed by atoms with Crippen LogP contribution in [0.15, 0.2) is 29.3 Å². The van der Waals surface area contributed by atoms with Gasteiger partial charge in [0, 0.05) is 26.7 Å². The first-order chi connectivity index (χ1) is 10.7. The molecule has 2 N–H and O–H groups in total. The number of halogens is 1. The zero-order valence-corrected chi connectivity index (χ0v) is 13.6. The monoisotopic (exact) mass is 306 g/mol. The van der Waals surface area contributed by atoms with E-state index in [9.17, 15) is 4.39 Å². The topological polar surface area (TPSA) is 39.7 Å². The van der Waals surface area contributed by atoms with Crippen molar-refractivity contribution in [2.45, 2.75) is 19.8 Å². The molecule has 0 amide bonds. The smallest absolute Gasteiger partial charge is 0.190 e. The fraction of sp³-hybridized carbons (Fsp3) is 0.588. The number of rotatable bonds is 6. The van der Waals surface area contributed by atoms with Crippen LogP contribution in [0, 0.1) is 11.7 Å². The summed E-state index contributed by atoms with van der Waals surface area (Å²) in [6.45, 7) is 7.49. The quantitative estimate of drug-likeness (QED) is 0.623. The number of benzene rings is 1. The van der Waals surface area contributed by atoms with Crippen molar-refractivity contribution in [3.8, 4) is 0 Å². The molecule has 1 aliphatic heterocycles. The third-order valence-electron chi connectivity index (χ3n) is 4.22. The predicted octanol–water partition coefficient (Wildman–Crippen LogP) is 1.87. The van der Waals surface area contributed by atoms with Crippen LogP contribution in [0.5, 0.6) is 0 Å². The van der Waals surface area contributed by atoms with Crippen molar-refractivity contribution in [2.24, 2.45) is 10.9 Å². The molecule has 0 bridgehead atoms. The second-order valence-electron chi connectivity index (χ2n) is 5.80. The van der Waals surface area contributed by atoms with Gasteiger partial charge >= 0.3 is 0 Å². The molecule has 1 saturated heterocycles. The van der Waals surface area contributed by atoms with E-state index in [2.05, 4.69) is 27.4 Å². The van der Waals surface area contributed by atoms with Crippen molar-refractivity contribution in [1.29, 1.82) is 0 Å². The van der Waals surface area contributed by atoms with Crippen LogP contribution in [0.3, 0.4) is 0 Å². The first kappa shape index (κ1) is 16.7. The zero-order valence-electron chi connectivity index (χ0n) is 13.6. The number of aliphatic imine (C=N–C) groups is 1. The van der Waals surface area contributed by atoms with Crippen molar-refractivity contribution in [3.05, 3.63) is 35.6 Å². The van der Waals surface area contributed by atoms with Gasteiger partial charge in [0.2, 0.25) is 0 Å². The van der Waals surface area contributed by atoms with Crippen molar-refractivity contribution < 1.29 is 4.39 Å². The van der Waals surface area contributed by atoms with Crippen molar-refractivity contribution >= 4 is 5.96 Å². The first-order valence-electron chi connectivity index (χ1n) is 8.12. The Balaban J connectivity index is 1.66. The Bertz CT molecular complexity index is 472. The molecule has 0 aliphatic carbocycles. The maximum atomic E-state index is 12.8. The highest BCUT2D eigenvalue weighted by atomic mass is 19.1. The summed E-state index contributed by atoms with van der Waals surface area (Å²) >= 11 is 0. The van der Waals surface area contributed by atoms with E-state index >= 15 is 0 Å². The van der Waals surface area contributed by atoms with Gasteiger partial charge in [0.1, 0.15) is 5.82 Å². The van der Waals surface area contributed by atoms with Crippen LogP contribution in [0.2, 0.25) is 0 Å². The summed E-state index contributed by atoms with van der Waals surface area (Å²) in [4.78, 5) is 6.74. The van der Waals surface area contributed by atoms with Crippen molar-refractivity contribution in [3.63, 3.8) is 0 Å². The molecule has 122 valence electrons. The molecule has 0 aromatic heterocycles. The van der Waals surface area contributed by atoms with Gasteiger partial charge in [-0.05, 0) is 49.5 Å². The normalized spacial score (nSPS) is 19.4. The number of nitrogens with one attached hydrogen (secondary N) is 2. The van der Waals surface area contributed by atoms with Gasteiger partial charge in [-0.1, -0.05) is 19.1 Å². The summed E-state index contributed by atoms with van der Waals surface area (Å²) in [6, 6.07) is 6.65. The Morgan fingerprint density at radius 1 is 1.32 bits per heavy atom. The Hall–Kier alpha value is -1.62. The van der Waals surface area contributed by atoms with Crippen LogP contribution in [-0.4, -0.2) is 50.6 Å². The molecule has 1 aromatic carbocycles. The summed E-state index contributed by atoms with van der Waals surface area (Å²) in [6.07, 6.45) is 2.11. The van der Waals surface area contributed by atoms with E-state index in [-0.39, 0.29) is 5.82 Å². The highest BCUT2D eigenvalue weighted by Gasteiger charge is 2.20. The minimum absolute atomic E-state index is 0.188. The molecular formula is C17H27FN4. The molecule has 5 heteroatoms. The molecule has 1 aliphatic rings. The van der Waals surface area contributed by atoms with Crippen LogP contribution >= 0.6 is 0 Å². The predicted molar refractivity (Wildman–Crippen MR) is 89.7 cm³/mol. The van der Waals surface area contributed by atoms with E-state index in [4.69, 9.17) is 0 Å². The molecule has 2 rings (SSSR count). The Morgan fingerprint density at radius 3 is 2.73 bits per heavy atom. The van der Waals surface area contributed by atoms with Gasteiger partial charge < -0.3 is 15.5 Å². The van der Waals surface area contributed by atoms with Gasteiger partial charge in [0.15, 0.2) is 5.96 Å². The van der Waals surface area contributed by atoms with E-state index in [1.165, 1.54) is 31.6 Å². The molecule has 1 atom stereocenters. The van der Waals surface area contributed by atoms with Crippen LogP contribution in [0.4, 0.5) is 4.39 Å². The molecule has 4 nitrogen and oxygen atoms in total. The largest absolute Gasteiger partial charge is 0.356 e. The average molecular weight is 306 g/mol. The summed E-state index contributed by atoms with van der Waals surface area (Å²) in [5, 5.41) is 6.72.